The lowest BCUT2D eigenvalue weighted by atomic mass is 10.0. The first kappa shape index (κ1) is 16.2. The van der Waals surface area contributed by atoms with Gasteiger partial charge >= 0.3 is 0 Å². The molecule has 0 aliphatic carbocycles. The lowest BCUT2D eigenvalue weighted by molar-refractivity contribution is -0.132. The molecule has 2 atom stereocenters. The Hall–Kier alpha value is -1.62. The summed E-state index contributed by atoms with van der Waals surface area (Å²) in [6.07, 6.45) is 6.04. The van der Waals surface area contributed by atoms with Gasteiger partial charge < -0.3 is 4.90 Å². The Morgan fingerprint density at radius 1 is 1.22 bits per heavy atom. The molecule has 0 bridgehead atoms. The standard InChI is InChI=1S/C18H23NO3S/c20-18(13-16-10-12-23(21,22)14-16)19-11-4-7-17(19)9-8-15-5-2-1-3-6-15/h1-3,5-6,10,12,16-17H,4,7-9,11,13-14H2. The Morgan fingerprint density at radius 3 is 2.70 bits per heavy atom. The summed E-state index contributed by atoms with van der Waals surface area (Å²) in [6, 6.07) is 10.6. The molecule has 2 heterocycles. The molecule has 2 aliphatic heterocycles. The van der Waals surface area contributed by atoms with Crippen LogP contribution >= 0.6 is 0 Å². The molecule has 1 amide bonds. The normalized spacial score (nSPS) is 25.8. The van der Waals surface area contributed by atoms with Crippen molar-refractivity contribution in [3.63, 3.8) is 0 Å². The number of hydrogen-bond acceptors (Lipinski definition) is 3. The topological polar surface area (TPSA) is 54.5 Å². The van der Waals surface area contributed by atoms with Crippen LogP contribution in [0, 0.1) is 5.92 Å². The van der Waals surface area contributed by atoms with Crippen molar-refractivity contribution in [2.45, 2.75) is 38.1 Å². The van der Waals surface area contributed by atoms with Crippen molar-refractivity contribution in [1.29, 1.82) is 0 Å². The number of likely N-dealkylation sites (tertiary alicyclic amines) is 1. The predicted molar refractivity (Wildman–Crippen MR) is 90.5 cm³/mol. The summed E-state index contributed by atoms with van der Waals surface area (Å²) >= 11 is 0. The molecule has 0 aromatic heterocycles. The van der Waals surface area contributed by atoms with E-state index in [2.05, 4.69) is 12.1 Å². The quantitative estimate of drug-likeness (QED) is 0.832. The number of amides is 1. The van der Waals surface area contributed by atoms with E-state index in [-0.39, 0.29) is 17.6 Å². The highest BCUT2D eigenvalue weighted by atomic mass is 32.2. The van der Waals surface area contributed by atoms with Gasteiger partial charge in [0.15, 0.2) is 9.84 Å². The molecule has 2 aliphatic rings. The summed E-state index contributed by atoms with van der Waals surface area (Å²) in [4.78, 5) is 14.5. The Labute approximate surface area is 138 Å². The summed E-state index contributed by atoms with van der Waals surface area (Å²) in [6.45, 7) is 0.807. The average Bonchev–Trinajstić information content (AvgIpc) is 3.12. The van der Waals surface area contributed by atoms with Crippen LogP contribution in [0.4, 0.5) is 0 Å². The Kier molecular flexibility index (Phi) is 4.85. The first-order valence-electron chi connectivity index (χ1n) is 8.28. The van der Waals surface area contributed by atoms with Gasteiger partial charge in [-0.2, -0.15) is 0 Å². The minimum Gasteiger partial charge on any atom is -0.340 e. The second-order valence-corrected chi connectivity index (χ2v) is 8.46. The minimum atomic E-state index is -3.08. The smallest absolute Gasteiger partial charge is 0.223 e. The van der Waals surface area contributed by atoms with Gasteiger partial charge in [0.25, 0.3) is 0 Å². The SMILES string of the molecule is O=C(CC1C=CS(=O)(=O)C1)N1CCCC1CCc1ccccc1. The van der Waals surface area contributed by atoms with Crippen molar-refractivity contribution in [3.8, 4) is 0 Å². The van der Waals surface area contributed by atoms with Crippen LogP contribution in [0.1, 0.15) is 31.2 Å². The van der Waals surface area contributed by atoms with Crippen LogP contribution in [0.25, 0.3) is 0 Å². The van der Waals surface area contributed by atoms with Crippen LogP contribution in [0.2, 0.25) is 0 Å². The number of carbonyl (C=O) groups excluding carboxylic acids is 1. The van der Waals surface area contributed by atoms with Crippen LogP contribution in [-0.2, 0) is 21.1 Å². The number of nitrogens with zero attached hydrogens (tertiary/aromatic N) is 1. The molecule has 0 saturated carbocycles. The third-order valence-electron chi connectivity index (χ3n) is 4.75. The predicted octanol–water partition coefficient (Wildman–Crippen LogP) is 2.56. The molecule has 1 saturated heterocycles. The van der Waals surface area contributed by atoms with Crippen LogP contribution in [-0.4, -0.2) is 37.6 Å². The van der Waals surface area contributed by atoms with Gasteiger partial charge in [-0.15, -0.1) is 0 Å². The highest BCUT2D eigenvalue weighted by Crippen LogP contribution is 2.25. The van der Waals surface area contributed by atoms with E-state index in [0.717, 1.165) is 32.2 Å². The lowest BCUT2D eigenvalue weighted by Gasteiger charge is -2.25. The van der Waals surface area contributed by atoms with E-state index < -0.39 is 9.84 Å². The molecule has 2 unspecified atom stereocenters. The summed E-state index contributed by atoms with van der Waals surface area (Å²) < 4.78 is 22.9. The van der Waals surface area contributed by atoms with Gasteiger partial charge in [-0.05, 0) is 31.2 Å². The Balaban J connectivity index is 1.54. The molecule has 0 spiro atoms. The molecule has 4 nitrogen and oxygen atoms in total. The van der Waals surface area contributed by atoms with E-state index in [4.69, 9.17) is 0 Å². The third-order valence-corrected chi connectivity index (χ3v) is 6.21. The van der Waals surface area contributed by atoms with Gasteiger partial charge in [0.1, 0.15) is 0 Å². The van der Waals surface area contributed by atoms with Crippen LogP contribution in [0.5, 0.6) is 0 Å². The molecule has 1 fully saturated rings. The van der Waals surface area contributed by atoms with Crippen molar-refractivity contribution in [1.82, 2.24) is 4.90 Å². The van der Waals surface area contributed by atoms with E-state index in [0.29, 0.717) is 12.5 Å². The van der Waals surface area contributed by atoms with Crippen molar-refractivity contribution in [3.05, 3.63) is 47.4 Å². The van der Waals surface area contributed by atoms with E-state index in [1.807, 2.05) is 23.1 Å². The number of rotatable bonds is 5. The largest absolute Gasteiger partial charge is 0.340 e. The number of allylic oxidation sites excluding steroid dienone is 1. The molecule has 124 valence electrons. The minimum absolute atomic E-state index is 0.0846. The second-order valence-electron chi connectivity index (χ2n) is 6.53. The fraction of sp³-hybridized carbons (Fsp3) is 0.500. The first-order chi connectivity index (χ1) is 11.0. The summed E-state index contributed by atoms with van der Waals surface area (Å²) in [5, 5.41) is 1.25. The van der Waals surface area contributed by atoms with Gasteiger partial charge in [-0.25, -0.2) is 8.42 Å². The Bertz CT molecular complexity index is 681. The van der Waals surface area contributed by atoms with Gasteiger partial charge in [0, 0.05) is 30.3 Å². The van der Waals surface area contributed by atoms with Crippen molar-refractivity contribution < 1.29 is 13.2 Å². The summed E-state index contributed by atoms with van der Waals surface area (Å²) in [5.74, 6) is 0.0385. The van der Waals surface area contributed by atoms with Crippen molar-refractivity contribution in [2.75, 3.05) is 12.3 Å². The van der Waals surface area contributed by atoms with Crippen LogP contribution in [0.15, 0.2) is 41.8 Å². The first-order valence-corrected chi connectivity index (χ1v) is 9.99. The van der Waals surface area contributed by atoms with E-state index in [1.165, 1.54) is 11.0 Å². The van der Waals surface area contributed by atoms with Gasteiger partial charge in [-0.3, -0.25) is 4.79 Å². The summed E-state index contributed by atoms with van der Waals surface area (Å²) in [7, 11) is -3.08. The van der Waals surface area contributed by atoms with Crippen molar-refractivity contribution >= 4 is 15.7 Å². The van der Waals surface area contributed by atoms with E-state index in [9.17, 15) is 13.2 Å². The maximum atomic E-state index is 12.5. The zero-order chi connectivity index (χ0) is 16.3. The van der Waals surface area contributed by atoms with E-state index >= 15 is 0 Å². The third kappa shape index (κ3) is 4.22. The zero-order valence-corrected chi connectivity index (χ0v) is 14.0. The maximum absolute atomic E-state index is 12.5. The number of hydrogen-bond donors (Lipinski definition) is 0. The molecule has 1 aromatic rings. The van der Waals surface area contributed by atoms with Gasteiger partial charge in [0.05, 0.1) is 5.75 Å². The molecule has 23 heavy (non-hydrogen) atoms. The highest BCUT2D eigenvalue weighted by Gasteiger charge is 2.31. The lowest BCUT2D eigenvalue weighted by Crippen LogP contribution is -2.36. The number of sulfone groups is 1. The van der Waals surface area contributed by atoms with Crippen molar-refractivity contribution in [2.24, 2.45) is 5.92 Å². The zero-order valence-electron chi connectivity index (χ0n) is 13.2. The maximum Gasteiger partial charge on any atom is 0.223 e. The van der Waals surface area contributed by atoms with Gasteiger partial charge in [0.2, 0.25) is 5.91 Å². The molecule has 0 N–H and O–H groups in total. The fourth-order valence-corrected chi connectivity index (χ4v) is 4.95. The molecular formula is C18H23NO3S. The average molecular weight is 333 g/mol. The number of aryl methyl sites for hydroxylation is 1. The van der Waals surface area contributed by atoms with E-state index in [1.54, 1.807) is 6.08 Å². The molecule has 1 aromatic carbocycles. The number of carbonyl (C=O) groups is 1. The highest BCUT2D eigenvalue weighted by molar-refractivity contribution is 7.94. The monoisotopic (exact) mass is 333 g/mol. The molecule has 3 rings (SSSR count). The van der Waals surface area contributed by atoms with Crippen LogP contribution in [0.3, 0.4) is 0 Å². The summed E-state index contributed by atoms with van der Waals surface area (Å²) in [5.41, 5.74) is 1.30. The molecule has 5 heteroatoms. The molecular weight excluding hydrogens is 310 g/mol. The van der Waals surface area contributed by atoms with Gasteiger partial charge in [-0.1, -0.05) is 36.4 Å². The Morgan fingerprint density at radius 2 is 2.00 bits per heavy atom. The number of benzene rings is 1. The second kappa shape index (κ2) is 6.87. The van der Waals surface area contributed by atoms with Crippen LogP contribution < -0.4 is 0 Å². The molecule has 0 radical (unpaired) electrons. The fourth-order valence-electron chi connectivity index (χ4n) is 3.55.